The van der Waals surface area contributed by atoms with Crippen molar-refractivity contribution in [1.29, 1.82) is 0 Å². The van der Waals surface area contributed by atoms with Crippen LogP contribution in [0.1, 0.15) is 43.0 Å². The fraction of sp³-hybridized carbons (Fsp3) is 0.333. The molecule has 0 radical (unpaired) electrons. The Bertz CT molecular complexity index is 1160. The lowest BCUT2D eigenvalue weighted by atomic mass is 10.00. The third kappa shape index (κ3) is 8.42. The van der Waals surface area contributed by atoms with E-state index in [9.17, 15) is 9.59 Å². The highest BCUT2D eigenvalue weighted by atomic mass is 35.5. The smallest absolute Gasteiger partial charge is 0.243 e. The zero-order chi connectivity index (χ0) is 26.1. The number of rotatable bonds is 10. The van der Waals surface area contributed by atoms with Gasteiger partial charge in [-0.25, -0.2) is 0 Å². The highest BCUT2D eigenvalue weighted by Gasteiger charge is 2.32. The molecule has 0 bridgehead atoms. The lowest BCUT2D eigenvalue weighted by Crippen LogP contribution is -2.54. The molecule has 2 amide bonds. The molecule has 3 aromatic rings. The molecular weight excluding hydrogens is 488 g/mol. The summed E-state index contributed by atoms with van der Waals surface area (Å²) < 4.78 is 0. The van der Waals surface area contributed by atoms with E-state index < -0.39 is 11.6 Å². The van der Waals surface area contributed by atoms with Crippen molar-refractivity contribution in [3.8, 4) is 0 Å². The summed E-state index contributed by atoms with van der Waals surface area (Å²) in [5.74, 6) is 0.663. The number of hydrogen-bond donors (Lipinski definition) is 1. The quantitative estimate of drug-likeness (QED) is 0.333. The zero-order valence-electron chi connectivity index (χ0n) is 21.5. The largest absolute Gasteiger partial charge is 0.350 e. The second-order valence-corrected chi connectivity index (χ2v) is 11.4. The first-order valence-corrected chi connectivity index (χ1v) is 13.7. The van der Waals surface area contributed by atoms with Gasteiger partial charge in [-0.3, -0.25) is 9.59 Å². The number of nitrogens with zero attached hydrogens (tertiary/aromatic N) is 1. The molecule has 6 heteroatoms. The van der Waals surface area contributed by atoms with Gasteiger partial charge in [0.05, 0.1) is 5.75 Å². The topological polar surface area (TPSA) is 49.4 Å². The molecule has 1 atom stereocenters. The SMILES string of the molecule is Cc1ccccc1CN(C(=O)CSCc1ccccc1Cl)C(Cc1ccccc1)C(=O)NC(C)(C)C. The first-order chi connectivity index (χ1) is 17.1. The van der Waals surface area contributed by atoms with Gasteiger partial charge < -0.3 is 10.2 Å². The average molecular weight is 523 g/mol. The summed E-state index contributed by atoms with van der Waals surface area (Å²) in [4.78, 5) is 29.1. The van der Waals surface area contributed by atoms with E-state index in [0.717, 1.165) is 22.3 Å². The fourth-order valence-electron chi connectivity index (χ4n) is 3.92. The molecule has 3 rings (SSSR count). The normalized spacial score (nSPS) is 12.1. The molecule has 0 aliphatic rings. The molecule has 0 aromatic heterocycles. The van der Waals surface area contributed by atoms with Crippen LogP contribution >= 0.6 is 23.4 Å². The Morgan fingerprint density at radius 3 is 2.17 bits per heavy atom. The van der Waals surface area contributed by atoms with E-state index in [2.05, 4.69) is 5.32 Å². The van der Waals surface area contributed by atoms with Crippen molar-refractivity contribution >= 4 is 35.2 Å². The first kappa shape index (κ1) is 27.8. The highest BCUT2D eigenvalue weighted by Crippen LogP contribution is 2.23. The fourth-order valence-corrected chi connectivity index (χ4v) is 5.12. The first-order valence-electron chi connectivity index (χ1n) is 12.1. The van der Waals surface area contributed by atoms with Gasteiger partial charge in [0.1, 0.15) is 6.04 Å². The molecule has 0 fully saturated rings. The van der Waals surface area contributed by atoms with E-state index in [1.807, 2.05) is 107 Å². The number of thioether (sulfide) groups is 1. The van der Waals surface area contributed by atoms with Gasteiger partial charge in [-0.15, -0.1) is 11.8 Å². The summed E-state index contributed by atoms with van der Waals surface area (Å²) in [5.41, 5.74) is 3.71. The van der Waals surface area contributed by atoms with Gasteiger partial charge in [0.2, 0.25) is 11.8 Å². The van der Waals surface area contributed by atoms with Crippen LogP contribution in [0.3, 0.4) is 0 Å². The standard InChI is InChI=1S/C30H35ClN2O2S/c1-22-12-8-9-15-24(22)19-33(28(34)21-36-20-25-16-10-11-17-26(25)31)27(29(35)32-30(2,3)4)18-23-13-6-5-7-14-23/h5-17,27H,18-21H2,1-4H3,(H,32,35). The van der Waals surface area contributed by atoms with Crippen LogP contribution in [0, 0.1) is 6.92 Å². The van der Waals surface area contributed by atoms with Crippen molar-refractivity contribution in [2.45, 2.75) is 58.0 Å². The number of benzene rings is 3. The maximum atomic E-state index is 13.7. The van der Waals surface area contributed by atoms with Crippen molar-refractivity contribution in [1.82, 2.24) is 10.2 Å². The monoisotopic (exact) mass is 522 g/mol. The number of halogens is 1. The van der Waals surface area contributed by atoms with Gasteiger partial charge in [0, 0.05) is 29.3 Å². The molecule has 190 valence electrons. The minimum Gasteiger partial charge on any atom is -0.350 e. The van der Waals surface area contributed by atoms with Gasteiger partial charge >= 0.3 is 0 Å². The zero-order valence-corrected chi connectivity index (χ0v) is 23.0. The second kappa shape index (κ2) is 13.0. The maximum absolute atomic E-state index is 13.7. The number of amides is 2. The predicted octanol–water partition coefficient (Wildman–Crippen LogP) is 6.44. The van der Waals surface area contributed by atoms with Crippen LogP contribution in [-0.2, 0) is 28.3 Å². The Labute approximate surface area is 224 Å². The van der Waals surface area contributed by atoms with Gasteiger partial charge in [-0.2, -0.15) is 0 Å². The summed E-state index contributed by atoms with van der Waals surface area (Å²) in [6.45, 7) is 8.27. The van der Waals surface area contributed by atoms with E-state index in [4.69, 9.17) is 11.6 Å². The summed E-state index contributed by atoms with van der Waals surface area (Å²) in [7, 11) is 0. The molecule has 0 spiro atoms. The Hall–Kier alpha value is -2.76. The summed E-state index contributed by atoms with van der Waals surface area (Å²) in [5, 5.41) is 3.80. The van der Waals surface area contributed by atoms with Crippen LogP contribution in [-0.4, -0.2) is 34.0 Å². The van der Waals surface area contributed by atoms with Gasteiger partial charge in [0.25, 0.3) is 0 Å². The highest BCUT2D eigenvalue weighted by molar-refractivity contribution is 7.99. The predicted molar refractivity (Wildman–Crippen MR) is 151 cm³/mol. The average Bonchev–Trinajstić information content (AvgIpc) is 2.83. The second-order valence-electron chi connectivity index (χ2n) is 9.98. The van der Waals surface area contributed by atoms with Gasteiger partial charge in [-0.05, 0) is 56.0 Å². The van der Waals surface area contributed by atoms with E-state index in [1.165, 1.54) is 11.8 Å². The van der Waals surface area contributed by atoms with Crippen LogP contribution in [0.2, 0.25) is 5.02 Å². The van der Waals surface area contributed by atoms with Crippen molar-refractivity contribution in [2.75, 3.05) is 5.75 Å². The van der Waals surface area contributed by atoms with E-state index in [1.54, 1.807) is 4.90 Å². The third-order valence-electron chi connectivity index (χ3n) is 5.81. The Balaban J connectivity index is 1.89. The number of nitrogens with one attached hydrogen (secondary N) is 1. The van der Waals surface area contributed by atoms with E-state index >= 15 is 0 Å². The summed E-state index contributed by atoms with van der Waals surface area (Å²) >= 11 is 7.82. The molecule has 0 saturated carbocycles. The van der Waals surface area contributed by atoms with Crippen LogP contribution in [0.15, 0.2) is 78.9 Å². The number of carbonyl (C=O) groups is 2. The minimum absolute atomic E-state index is 0.0692. The van der Waals surface area contributed by atoms with E-state index in [0.29, 0.717) is 23.7 Å². The molecule has 0 aliphatic carbocycles. The Morgan fingerprint density at radius 1 is 0.917 bits per heavy atom. The molecule has 0 aliphatic heterocycles. The molecule has 0 saturated heterocycles. The molecule has 0 heterocycles. The Morgan fingerprint density at radius 2 is 1.53 bits per heavy atom. The molecule has 36 heavy (non-hydrogen) atoms. The molecule has 1 N–H and O–H groups in total. The van der Waals surface area contributed by atoms with Crippen LogP contribution in [0.4, 0.5) is 0 Å². The maximum Gasteiger partial charge on any atom is 0.243 e. The van der Waals surface area contributed by atoms with Crippen molar-refractivity contribution < 1.29 is 9.59 Å². The number of carbonyl (C=O) groups excluding carboxylic acids is 2. The third-order valence-corrected chi connectivity index (χ3v) is 7.15. The molecule has 4 nitrogen and oxygen atoms in total. The summed E-state index contributed by atoms with van der Waals surface area (Å²) in [6.07, 6.45) is 0.440. The van der Waals surface area contributed by atoms with Gasteiger partial charge in [0.15, 0.2) is 0 Å². The molecular formula is C30H35ClN2O2S. The van der Waals surface area contributed by atoms with E-state index in [-0.39, 0.29) is 17.6 Å². The molecule has 1 unspecified atom stereocenters. The van der Waals surface area contributed by atoms with Crippen LogP contribution in [0.5, 0.6) is 0 Å². The van der Waals surface area contributed by atoms with Crippen LogP contribution in [0.25, 0.3) is 0 Å². The van der Waals surface area contributed by atoms with Crippen LogP contribution < -0.4 is 5.32 Å². The van der Waals surface area contributed by atoms with Crippen molar-refractivity contribution in [3.63, 3.8) is 0 Å². The Kier molecular flexibility index (Phi) is 10.0. The molecule has 3 aromatic carbocycles. The number of hydrogen-bond acceptors (Lipinski definition) is 3. The van der Waals surface area contributed by atoms with Crippen molar-refractivity contribution in [2.24, 2.45) is 0 Å². The van der Waals surface area contributed by atoms with Crippen molar-refractivity contribution in [3.05, 3.63) is 106 Å². The lowest BCUT2D eigenvalue weighted by Gasteiger charge is -2.34. The lowest BCUT2D eigenvalue weighted by molar-refractivity contribution is -0.140. The minimum atomic E-state index is -0.639. The summed E-state index contributed by atoms with van der Waals surface area (Å²) in [6, 6.07) is 24.9. The van der Waals surface area contributed by atoms with Gasteiger partial charge in [-0.1, -0.05) is 84.4 Å². The number of aryl methyl sites for hydroxylation is 1.